The number of carbonyl (C=O) groups is 1. The molecular weight excluding hydrogens is 873 g/mol. The molecule has 2 aliphatic heterocycles. The number of rotatable bonds is 40. The molecule has 392 valence electrons. The normalized spacial score (nSPS) is 26.5. The fraction of sp³-hybridized carbons (Fsp3) is 0.759. The number of carbonyl (C=O) groups excluding carboxylic acids is 1. The zero-order chi connectivity index (χ0) is 49.5. The molecule has 11 atom stereocenters. The van der Waals surface area contributed by atoms with E-state index >= 15 is 0 Å². The Morgan fingerprint density at radius 1 is 0.500 bits per heavy atom. The molecule has 0 radical (unpaired) electrons. The van der Waals surface area contributed by atoms with Crippen LogP contribution in [0.5, 0.6) is 0 Å². The van der Waals surface area contributed by atoms with Crippen LogP contribution in [0.4, 0.5) is 0 Å². The second-order valence-electron chi connectivity index (χ2n) is 18.0. The average Bonchev–Trinajstić information content (AvgIpc) is 3.33. The molecule has 0 bridgehead atoms. The largest absolute Gasteiger partial charge is 0.457 e. The number of allylic oxidation sites excluding steroid dienone is 12. The molecule has 0 aromatic carbocycles. The molecule has 2 saturated heterocycles. The first-order valence-electron chi connectivity index (χ1n) is 26.0. The van der Waals surface area contributed by atoms with Gasteiger partial charge < -0.3 is 64.2 Å². The SMILES string of the molecule is CC/C=C\C/C=C\C/C=C\C/C=C\C/C=C\C/C=C\CCCCCCCCC(=O)OC(COCCCCCCCCCCC)COC1OC(COC2OC(CO)C(O)C(O)C2O)C(O)C(O)C1O. The first kappa shape index (κ1) is 61.5. The van der Waals surface area contributed by atoms with E-state index in [2.05, 4.69) is 86.8 Å². The van der Waals surface area contributed by atoms with Gasteiger partial charge in [0.15, 0.2) is 12.6 Å². The van der Waals surface area contributed by atoms with E-state index in [0.717, 1.165) is 96.3 Å². The van der Waals surface area contributed by atoms with Crippen LogP contribution in [0.2, 0.25) is 0 Å². The highest BCUT2D eigenvalue weighted by molar-refractivity contribution is 5.69. The number of ether oxygens (including phenoxy) is 6. The van der Waals surface area contributed by atoms with Crippen LogP contribution in [0, 0.1) is 0 Å². The van der Waals surface area contributed by atoms with Crippen LogP contribution in [0.1, 0.15) is 162 Å². The Labute approximate surface area is 408 Å². The van der Waals surface area contributed by atoms with Crippen molar-refractivity contribution in [3.63, 3.8) is 0 Å². The number of hydrogen-bond acceptors (Lipinski definition) is 14. The summed E-state index contributed by atoms with van der Waals surface area (Å²) in [6.45, 7) is 3.52. The van der Waals surface area contributed by atoms with Gasteiger partial charge in [0.2, 0.25) is 0 Å². The molecule has 0 amide bonds. The Balaban J connectivity index is 1.71. The van der Waals surface area contributed by atoms with Crippen molar-refractivity contribution in [1.29, 1.82) is 0 Å². The molecule has 14 heteroatoms. The van der Waals surface area contributed by atoms with Gasteiger partial charge in [-0.2, -0.15) is 0 Å². The quantitative estimate of drug-likeness (QED) is 0.0177. The fourth-order valence-electron chi connectivity index (χ4n) is 7.76. The summed E-state index contributed by atoms with van der Waals surface area (Å²) >= 11 is 0. The Morgan fingerprint density at radius 3 is 1.50 bits per heavy atom. The molecule has 0 aliphatic carbocycles. The lowest BCUT2D eigenvalue weighted by Crippen LogP contribution is -2.61. The van der Waals surface area contributed by atoms with E-state index in [1.54, 1.807) is 0 Å². The molecular formula is C54H92O14. The van der Waals surface area contributed by atoms with Gasteiger partial charge in [-0.1, -0.05) is 164 Å². The van der Waals surface area contributed by atoms with Gasteiger partial charge in [-0.3, -0.25) is 4.79 Å². The minimum absolute atomic E-state index is 0.0527. The van der Waals surface area contributed by atoms with Gasteiger partial charge in [-0.15, -0.1) is 0 Å². The van der Waals surface area contributed by atoms with Crippen molar-refractivity contribution in [3.8, 4) is 0 Å². The van der Waals surface area contributed by atoms with Crippen molar-refractivity contribution in [2.45, 2.75) is 229 Å². The van der Waals surface area contributed by atoms with Gasteiger partial charge >= 0.3 is 5.97 Å². The second-order valence-corrected chi connectivity index (χ2v) is 18.0. The highest BCUT2D eigenvalue weighted by Gasteiger charge is 2.47. The van der Waals surface area contributed by atoms with Crippen molar-refractivity contribution in [3.05, 3.63) is 72.9 Å². The molecule has 2 aliphatic rings. The molecule has 0 aromatic rings. The minimum atomic E-state index is -1.71. The average molecular weight is 965 g/mol. The summed E-state index contributed by atoms with van der Waals surface area (Å²) in [7, 11) is 0. The summed E-state index contributed by atoms with van der Waals surface area (Å²) < 4.78 is 34.2. The lowest BCUT2D eigenvalue weighted by atomic mass is 9.98. The van der Waals surface area contributed by atoms with Crippen molar-refractivity contribution in [2.24, 2.45) is 0 Å². The smallest absolute Gasteiger partial charge is 0.306 e. The highest BCUT2D eigenvalue weighted by Crippen LogP contribution is 2.26. The van der Waals surface area contributed by atoms with E-state index in [1.807, 2.05) is 0 Å². The van der Waals surface area contributed by atoms with Crippen LogP contribution in [-0.2, 0) is 33.2 Å². The molecule has 0 spiro atoms. The fourth-order valence-corrected chi connectivity index (χ4v) is 7.76. The Hall–Kier alpha value is -2.57. The summed E-state index contributed by atoms with van der Waals surface area (Å²) in [4.78, 5) is 13.0. The van der Waals surface area contributed by atoms with Crippen LogP contribution in [0.15, 0.2) is 72.9 Å². The number of unbranched alkanes of at least 4 members (excludes halogenated alkanes) is 14. The summed E-state index contributed by atoms with van der Waals surface area (Å²) in [5, 5.41) is 72.0. The first-order valence-corrected chi connectivity index (χ1v) is 26.0. The molecule has 0 aromatic heterocycles. The first-order chi connectivity index (χ1) is 33.1. The second kappa shape index (κ2) is 41.1. The standard InChI is InChI=1S/C54H92O14/c1-3-5-7-9-11-13-14-15-16-17-18-19-20-21-22-23-24-25-26-27-28-29-31-33-35-37-46(56)66-43(40-63-38-36-34-32-30-12-10-8-6-4-2)41-64-53-52(62)50(60)48(58)45(68-53)42-65-54-51(61)49(59)47(57)44(39-55)67-54/h5,7,11,13,15-16,18-19,21-22,24-25,43-45,47-55,57-62H,3-4,6,8-10,12,14,17,20,23,26-42H2,1-2H3/b7-5-,13-11-,16-15-,19-18-,22-21-,25-24-. The predicted molar refractivity (Wildman–Crippen MR) is 265 cm³/mol. The van der Waals surface area contributed by atoms with E-state index in [1.165, 1.54) is 38.5 Å². The summed E-state index contributed by atoms with van der Waals surface area (Å²) in [6, 6.07) is 0. The predicted octanol–water partition coefficient (Wildman–Crippen LogP) is 7.90. The van der Waals surface area contributed by atoms with E-state index < -0.39 is 86.7 Å². The Bertz CT molecular complexity index is 1400. The maximum Gasteiger partial charge on any atom is 0.306 e. The number of esters is 1. The number of aliphatic hydroxyl groups is 7. The third-order valence-corrected chi connectivity index (χ3v) is 12.0. The lowest BCUT2D eigenvalue weighted by molar-refractivity contribution is -0.332. The third kappa shape index (κ3) is 28.3. The Morgan fingerprint density at radius 2 is 0.956 bits per heavy atom. The maximum absolute atomic E-state index is 13.0. The molecule has 68 heavy (non-hydrogen) atoms. The van der Waals surface area contributed by atoms with Gasteiger partial charge in [-0.25, -0.2) is 0 Å². The van der Waals surface area contributed by atoms with Crippen LogP contribution < -0.4 is 0 Å². The van der Waals surface area contributed by atoms with Crippen molar-refractivity contribution >= 4 is 5.97 Å². The molecule has 0 saturated carbocycles. The van der Waals surface area contributed by atoms with Crippen LogP contribution in [0.25, 0.3) is 0 Å². The molecule has 7 N–H and O–H groups in total. The molecule has 2 rings (SSSR count). The molecule has 11 unspecified atom stereocenters. The van der Waals surface area contributed by atoms with E-state index in [4.69, 9.17) is 28.4 Å². The Kier molecular flexibility index (Phi) is 37.2. The van der Waals surface area contributed by atoms with E-state index in [-0.39, 0.29) is 19.6 Å². The maximum atomic E-state index is 13.0. The van der Waals surface area contributed by atoms with E-state index in [0.29, 0.717) is 13.0 Å². The molecule has 2 heterocycles. The van der Waals surface area contributed by atoms with Crippen LogP contribution in [-0.4, -0.2) is 142 Å². The van der Waals surface area contributed by atoms with Crippen LogP contribution in [0.3, 0.4) is 0 Å². The summed E-state index contributed by atoms with van der Waals surface area (Å²) in [5.41, 5.74) is 0. The van der Waals surface area contributed by atoms with Gasteiger partial charge in [0, 0.05) is 13.0 Å². The van der Waals surface area contributed by atoms with Crippen molar-refractivity contribution in [1.82, 2.24) is 0 Å². The molecule has 2 fully saturated rings. The van der Waals surface area contributed by atoms with Gasteiger partial charge in [0.05, 0.1) is 26.4 Å². The minimum Gasteiger partial charge on any atom is -0.457 e. The van der Waals surface area contributed by atoms with Crippen LogP contribution >= 0.6 is 0 Å². The monoisotopic (exact) mass is 965 g/mol. The van der Waals surface area contributed by atoms with Crippen molar-refractivity contribution < 1.29 is 69.0 Å². The highest BCUT2D eigenvalue weighted by atomic mass is 16.7. The van der Waals surface area contributed by atoms with Crippen molar-refractivity contribution in [2.75, 3.05) is 33.0 Å². The van der Waals surface area contributed by atoms with Gasteiger partial charge in [0.25, 0.3) is 0 Å². The summed E-state index contributed by atoms with van der Waals surface area (Å²) in [5.74, 6) is -0.394. The third-order valence-electron chi connectivity index (χ3n) is 12.0. The number of aliphatic hydroxyl groups excluding tert-OH is 7. The zero-order valence-electron chi connectivity index (χ0n) is 41.6. The van der Waals surface area contributed by atoms with Gasteiger partial charge in [-0.05, 0) is 64.2 Å². The summed E-state index contributed by atoms with van der Waals surface area (Å²) in [6.07, 6.45) is 34.0. The topological polar surface area (TPSA) is 214 Å². The van der Waals surface area contributed by atoms with E-state index in [9.17, 15) is 40.5 Å². The zero-order valence-corrected chi connectivity index (χ0v) is 41.6. The number of hydrogen-bond donors (Lipinski definition) is 7. The molecule has 14 nitrogen and oxygen atoms in total. The lowest BCUT2D eigenvalue weighted by Gasteiger charge is -2.42. The van der Waals surface area contributed by atoms with Gasteiger partial charge in [0.1, 0.15) is 54.9 Å².